The molecule has 1 aromatic heterocycles. The molecule has 0 radical (unpaired) electrons. The van der Waals surface area contributed by atoms with E-state index in [0.717, 1.165) is 28.0 Å². The first-order valence-corrected chi connectivity index (χ1v) is 8.84. The molecule has 3 aromatic rings. The van der Waals surface area contributed by atoms with Gasteiger partial charge in [-0.25, -0.2) is 0 Å². The molecule has 0 aliphatic carbocycles. The maximum atomic E-state index is 12.7. The fourth-order valence-electron chi connectivity index (χ4n) is 2.76. The summed E-state index contributed by atoms with van der Waals surface area (Å²) in [5, 5.41) is 4.11. The average molecular weight is 337 g/mol. The van der Waals surface area contributed by atoms with Crippen molar-refractivity contribution in [3.8, 4) is 0 Å². The van der Waals surface area contributed by atoms with E-state index in [4.69, 9.17) is 0 Å². The molecule has 0 saturated carbocycles. The van der Waals surface area contributed by atoms with E-state index in [1.807, 2.05) is 12.1 Å². The Balaban J connectivity index is 1.90. The van der Waals surface area contributed by atoms with Crippen molar-refractivity contribution in [2.75, 3.05) is 5.32 Å². The van der Waals surface area contributed by atoms with E-state index in [-0.39, 0.29) is 11.7 Å². The predicted molar refractivity (Wildman–Crippen MR) is 100 cm³/mol. The predicted octanol–water partition coefficient (Wildman–Crippen LogP) is 5.31. The summed E-state index contributed by atoms with van der Waals surface area (Å²) in [6, 6.07) is 15.1. The molecule has 2 aromatic carbocycles. The molecule has 0 aliphatic rings. The Hall–Kier alpha value is -2.46. The van der Waals surface area contributed by atoms with E-state index < -0.39 is 0 Å². The highest BCUT2D eigenvalue weighted by Crippen LogP contribution is 2.32. The summed E-state index contributed by atoms with van der Waals surface area (Å²) in [6.45, 7) is 3.65. The van der Waals surface area contributed by atoms with Gasteiger partial charge in [-0.3, -0.25) is 9.59 Å². The zero-order valence-electron chi connectivity index (χ0n) is 13.8. The fraction of sp³-hybridized carbons (Fsp3) is 0.200. The van der Waals surface area contributed by atoms with Crippen LogP contribution in [0, 0.1) is 0 Å². The number of ketones is 1. The Bertz CT molecular complexity index is 894. The first-order valence-electron chi connectivity index (χ1n) is 8.03. The van der Waals surface area contributed by atoms with Crippen molar-refractivity contribution < 1.29 is 9.59 Å². The number of aryl methyl sites for hydroxylation is 1. The third-order valence-corrected chi connectivity index (χ3v) is 5.17. The standard InChI is InChI=1S/C20H19NO2S/c1-3-6-17-16-7-4-5-8-18(16)24-19(17)20(23)21-15-11-9-14(10-12-15)13(2)22/h4-5,7-12H,3,6H2,1-2H3,(H,21,23). The minimum atomic E-state index is -0.0878. The molecule has 0 bridgehead atoms. The molecule has 0 spiro atoms. The molecular formula is C20H19NO2S. The van der Waals surface area contributed by atoms with Crippen LogP contribution in [0.1, 0.15) is 45.9 Å². The lowest BCUT2D eigenvalue weighted by Gasteiger charge is -2.06. The summed E-state index contributed by atoms with van der Waals surface area (Å²) in [4.78, 5) is 24.8. The van der Waals surface area contributed by atoms with Crippen LogP contribution < -0.4 is 5.32 Å². The molecule has 1 N–H and O–H groups in total. The van der Waals surface area contributed by atoms with Crippen LogP contribution in [0.25, 0.3) is 10.1 Å². The number of rotatable bonds is 5. The SMILES string of the molecule is CCCc1c(C(=O)Nc2ccc(C(C)=O)cc2)sc2ccccc12. The first kappa shape index (κ1) is 16.4. The first-order chi connectivity index (χ1) is 11.6. The van der Waals surface area contributed by atoms with Crippen LogP contribution >= 0.6 is 11.3 Å². The van der Waals surface area contributed by atoms with Gasteiger partial charge in [0.2, 0.25) is 0 Å². The summed E-state index contributed by atoms with van der Waals surface area (Å²) in [5.74, 6) is -0.0714. The smallest absolute Gasteiger partial charge is 0.266 e. The maximum absolute atomic E-state index is 12.7. The second kappa shape index (κ2) is 6.97. The number of amides is 1. The summed E-state index contributed by atoms with van der Waals surface area (Å²) in [7, 11) is 0. The number of hydrogen-bond acceptors (Lipinski definition) is 3. The van der Waals surface area contributed by atoms with Gasteiger partial charge in [0.05, 0.1) is 4.88 Å². The lowest BCUT2D eigenvalue weighted by atomic mass is 10.1. The number of hydrogen-bond donors (Lipinski definition) is 1. The van der Waals surface area contributed by atoms with Gasteiger partial charge < -0.3 is 5.32 Å². The van der Waals surface area contributed by atoms with E-state index in [1.165, 1.54) is 23.6 Å². The molecule has 0 aliphatic heterocycles. The third kappa shape index (κ3) is 3.24. The van der Waals surface area contributed by atoms with Crippen LogP contribution in [0.2, 0.25) is 0 Å². The van der Waals surface area contributed by atoms with Gasteiger partial charge in [-0.15, -0.1) is 11.3 Å². The van der Waals surface area contributed by atoms with Gasteiger partial charge in [-0.2, -0.15) is 0 Å². The Labute approximate surface area is 145 Å². The monoisotopic (exact) mass is 337 g/mol. The molecule has 24 heavy (non-hydrogen) atoms. The number of Topliss-reactive ketones (excluding diaryl/α,β-unsaturated/α-hetero) is 1. The quantitative estimate of drug-likeness (QED) is 0.641. The summed E-state index contributed by atoms with van der Waals surface area (Å²) < 4.78 is 1.14. The van der Waals surface area contributed by atoms with Crippen molar-refractivity contribution in [2.45, 2.75) is 26.7 Å². The van der Waals surface area contributed by atoms with Gasteiger partial charge in [-0.05, 0) is 54.6 Å². The highest BCUT2D eigenvalue weighted by Gasteiger charge is 2.17. The molecule has 3 nitrogen and oxygen atoms in total. The molecule has 3 rings (SSSR count). The number of benzene rings is 2. The van der Waals surface area contributed by atoms with Crippen molar-refractivity contribution in [3.63, 3.8) is 0 Å². The molecule has 1 heterocycles. The Morgan fingerprint density at radius 3 is 2.42 bits per heavy atom. The third-order valence-electron chi connectivity index (χ3n) is 3.95. The van der Waals surface area contributed by atoms with Crippen LogP contribution in [0.5, 0.6) is 0 Å². The van der Waals surface area contributed by atoms with Crippen molar-refractivity contribution in [3.05, 3.63) is 64.5 Å². The fourth-order valence-corrected chi connectivity index (χ4v) is 3.90. The Morgan fingerprint density at radius 2 is 1.75 bits per heavy atom. The van der Waals surface area contributed by atoms with Crippen molar-refractivity contribution >= 4 is 38.8 Å². The van der Waals surface area contributed by atoms with E-state index in [1.54, 1.807) is 24.3 Å². The molecule has 122 valence electrons. The number of anilines is 1. The molecule has 0 unspecified atom stereocenters. The molecule has 1 amide bonds. The lowest BCUT2D eigenvalue weighted by molar-refractivity contribution is 0.101. The van der Waals surface area contributed by atoms with E-state index >= 15 is 0 Å². The maximum Gasteiger partial charge on any atom is 0.266 e. The molecule has 4 heteroatoms. The molecule has 0 saturated heterocycles. The van der Waals surface area contributed by atoms with Gasteiger partial charge in [0.1, 0.15) is 0 Å². The summed E-state index contributed by atoms with van der Waals surface area (Å²) >= 11 is 1.53. The normalized spacial score (nSPS) is 10.8. The molecular weight excluding hydrogens is 318 g/mol. The van der Waals surface area contributed by atoms with Crippen molar-refractivity contribution in [1.29, 1.82) is 0 Å². The average Bonchev–Trinajstić information content (AvgIpc) is 2.95. The number of carbonyl (C=O) groups excluding carboxylic acids is 2. The molecule has 0 atom stereocenters. The highest BCUT2D eigenvalue weighted by molar-refractivity contribution is 7.21. The van der Waals surface area contributed by atoms with E-state index in [2.05, 4.69) is 24.4 Å². The van der Waals surface area contributed by atoms with E-state index in [0.29, 0.717) is 11.3 Å². The summed E-state index contributed by atoms with van der Waals surface area (Å²) in [5.41, 5.74) is 2.46. The topological polar surface area (TPSA) is 46.2 Å². The van der Waals surface area contributed by atoms with Gasteiger partial charge in [-0.1, -0.05) is 31.5 Å². The zero-order chi connectivity index (χ0) is 17.1. The largest absolute Gasteiger partial charge is 0.321 e. The number of fused-ring (bicyclic) bond motifs is 1. The van der Waals surface area contributed by atoms with E-state index in [9.17, 15) is 9.59 Å². The Kier molecular flexibility index (Phi) is 4.76. The van der Waals surface area contributed by atoms with Crippen LogP contribution in [0.3, 0.4) is 0 Å². The second-order valence-electron chi connectivity index (χ2n) is 5.74. The van der Waals surface area contributed by atoms with Crippen LogP contribution in [-0.2, 0) is 6.42 Å². The number of nitrogens with one attached hydrogen (secondary N) is 1. The second-order valence-corrected chi connectivity index (χ2v) is 6.80. The van der Waals surface area contributed by atoms with Crippen LogP contribution in [0.15, 0.2) is 48.5 Å². The lowest BCUT2D eigenvalue weighted by Crippen LogP contribution is -2.12. The number of thiophene rings is 1. The summed E-state index contributed by atoms with van der Waals surface area (Å²) in [6.07, 6.45) is 1.88. The zero-order valence-corrected chi connectivity index (χ0v) is 14.6. The molecule has 0 fully saturated rings. The van der Waals surface area contributed by atoms with Crippen molar-refractivity contribution in [1.82, 2.24) is 0 Å². The Morgan fingerprint density at radius 1 is 1.04 bits per heavy atom. The van der Waals surface area contributed by atoms with Gasteiger partial charge in [0.15, 0.2) is 5.78 Å². The van der Waals surface area contributed by atoms with Gasteiger partial charge in [0, 0.05) is 16.0 Å². The minimum Gasteiger partial charge on any atom is -0.321 e. The highest BCUT2D eigenvalue weighted by atomic mass is 32.1. The van der Waals surface area contributed by atoms with Crippen LogP contribution in [-0.4, -0.2) is 11.7 Å². The van der Waals surface area contributed by atoms with Crippen LogP contribution in [0.4, 0.5) is 5.69 Å². The minimum absolute atomic E-state index is 0.0163. The number of carbonyl (C=O) groups is 2. The van der Waals surface area contributed by atoms with Crippen molar-refractivity contribution in [2.24, 2.45) is 0 Å². The van der Waals surface area contributed by atoms with Gasteiger partial charge >= 0.3 is 0 Å². The van der Waals surface area contributed by atoms with Gasteiger partial charge in [0.25, 0.3) is 5.91 Å².